The lowest BCUT2D eigenvalue weighted by Crippen LogP contribution is -2.20. The number of nitrogens with one attached hydrogen (secondary N) is 1. The standard InChI is InChI=1S/C16H14Cl2N6O4/c1-10-15(18)16(24(26)27)21-23(10)8-14(25)20-12-6-19-22(7-12)9-28-13-4-2-3-11(17)5-13/h2-7H,8-9H2,1H3,(H,20,25). The van der Waals surface area contributed by atoms with Gasteiger partial charge in [-0.05, 0) is 30.0 Å². The topological polar surface area (TPSA) is 117 Å². The van der Waals surface area contributed by atoms with Crippen molar-refractivity contribution in [3.63, 3.8) is 0 Å². The van der Waals surface area contributed by atoms with E-state index in [4.69, 9.17) is 27.9 Å². The van der Waals surface area contributed by atoms with Crippen molar-refractivity contribution in [1.82, 2.24) is 19.6 Å². The van der Waals surface area contributed by atoms with Gasteiger partial charge in [0.1, 0.15) is 12.3 Å². The fourth-order valence-electron chi connectivity index (χ4n) is 2.31. The van der Waals surface area contributed by atoms with Gasteiger partial charge in [-0.3, -0.25) is 4.79 Å². The summed E-state index contributed by atoms with van der Waals surface area (Å²) in [4.78, 5) is 22.3. The summed E-state index contributed by atoms with van der Waals surface area (Å²) < 4.78 is 8.20. The van der Waals surface area contributed by atoms with E-state index in [1.165, 1.54) is 15.6 Å². The predicted molar refractivity (Wildman–Crippen MR) is 102 cm³/mol. The van der Waals surface area contributed by atoms with Crippen molar-refractivity contribution in [1.29, 1.82) is 0 Å². The van der Waals surface area contributed by atoms with E-state index in [0.717, 1.165) is 0 Å². The zero-order chi connectivity index (χ0) is 20.3. The molecule has 3 rings (SSSR count). The highest BCUT2D eigenvalue weighted by Gasteiger charge is 2.25. The van der Waals surface area contributed by atoms with E-state index in [0.29, 0.717) is 22.2 Å². The molecular weight excluding hydrogens is 411 g/mol. The molecule has 0 unspecified atom stereocenters. The molecule has 0 radical (unpaired) electrons. The lowest BCUT2D eigenvalue weighted by Gasteiger charge is -2.06. The van der Waals surface area contributed by atoms with Crippen LogP contribution in [0.4, 0.5) is 11.5 Å². The number of hydrogen-bond donors (Lipinski definition) is 1. The predicted octanol–water partition coefficient (Wildman–Crippen LogP) is 3.28. The highest BCUT2D eigenvalue weighted by Crippen LogP contribution is 2.26. The fraction of sp³-hybridized carbons (Fsp3) is 0.188. The largest absolute Gasteiger partial charge is 0.471 e. The van der Waals surface area contributed by atoms with Gasteiger partial charge in [0, 0.05) is 5.02 Å². The maximum absolute atomic E-state index is 12.2. The van der Waals surface area contributed by atoms with Gasteiger partial charge >= 0.3 is 5.82 Å². The van der Waals surface area contributed by atoms with Crippen LogP contribution in [0.15, 0.2) is 36.7 Å². The number of aromatic nitrogens is 4. The number of rotatable bonds is 7. The van der Waals surface area contributed by atoms with Crippen LogP contribution in [0, 0.1) is 17.0 Å². The van der Waals surface area contributed by atoms with Gasteiger partial charge in [-0.2, -0.15) is 9.78 Å². The van der Waals surface area contributed by atoms with Crippen molar-refractivity contribution in [2.24, 2.45) is 0 Å². The molecule has 1 aromatic carbocycles. The molecule has 1 N–H and O–H groups in total. The minimum absolute atomic E-state index is 0.0937. The SMILES string of the molecule is Cc1c(Cl)c([N+](=O)[O-])nn1CC(=O)Nc1cnn(COc2cccc(Cl)c2)c1. The molecule has 0 fully saturated rings. The van der Waals surface area contributed by atoms with Crippen molar-refractivity contribution >= 4 is 40.6 Å². The summed E-state index contributed by atoms with van der Waals surface area (Å²) in [7, 11) is 0. The number of anilines is 1. The Morgan fingerprint density at radius 2 is 2.18 bits per heavy atom. The van der Waals surface area contributed by atoms with E-state index in [2.05, 4.69) is 15.5 Å². The molecule has 3 aromatic rings. The van der Waals surface area contributed by atoms with Gasteiger partial charge in [0.05, 0.1) is 28.9 Å². The van der Waals surface area contributed by atoms with E-state index < -0.39 is 16.6 Å². The molecule has 0 aliphatic rings. The smallest absolute Gasteiger partial charge is 0.408 e. The minimum atomic E-state index is -0.701. The maximum Gasteiger partial charge on any atom is 0.408 e. The average molecular weight is 425 g/mol. The first-order chi connectivity index (χ1) is 13.3. The van der Waals surface area contributed by atoms with Gasteiger partial charge in [0.25, 0.3) is 0 Å². The molecule has 2 heterocycles. The fourth-order valence-corrected chi connectivity index (χ4v) is 2.70. The summed E-state index contributed by atoms with van der Waals surface area (Å²) in [5.41, 5.74) is 0.763. The van der Waals surface area contributed by atoms with Crippen molar-refractivity contribution in [3.05, 3.63) is 62.5 Å². The molecule has 0 saturated heterocycles. The van der Waals surface area contributed by atoms with Crippen LogP contribution < -0.4 is 10.1 Å². The molecule has 10 nitrogen and oxygen atoms in total. The summed E-state index contributed by atoms with van der Waals surface area (Å²) in [5, 5.41) is 21.8. The summed E-state index contributed by atoms with van der Waals surface area (Å²) in [6.45, 7) is 1.43. The van der Waals surface area contributed by atoms with Crippen molar-refractivity contribution in [2.75, 3.05) is 5.32 Å². The lowest BCUT2D eigenvalue weighted by atomic mass is 10.3. The third-order valence-corrected chi connectivity index (χ3v) is 4.34. The summed E-state index contributed by atoms with van der Waals surface area (Å²) >= 11 is 11.8. The molecule has 0 saturated carbocycles. The van der Waals surface area contributed by atoms with Crippen LogP contribution in [-0.4, -0.2) is 30.4 Å². The second-order valence-electron chi connectivity index (χ2n) is 5.69. The highest BCUT2D eigenvalue weighted by molar-refractivity contribution is 6.33. The number of ether oxygens (including phenoxy) is 1. The molecule has 146 valence electrons. The van der Waals surface area contributed by atoms with Crippen LogP contribution in [0.5, 0.6) is 5.75 Å². The van der Waals surface area contributed by atoms with Crippen LogP contribution in [0.3, 0.4) is 0 Å². The number of carbonyl (C=O) groups excluding carboxylic acids is 1. The molecular formula is C16H14Cl2N6O4. The monoisotopic (exact) mass is 424 g/mol. The Morgan fingerprint density at radius 1 is 1.39 bits per heavy atom. The van der Waals surface area contributed by atoms with Crippen molar-refractivity contribution in [2.45, 2.75) is 20.2 Å². The van der Waals surface area contributed by atoms with Crippen LogP contribution in [0.2, 0.25) is 10.0 Å². The Kier molecular flexibility index (Phi) is 5.81. The summed E-state index contributed by atoms with van der Waals surface area (Å²) in [5.74, 6) is -0.341. The van der Waals surface area contributed by atoms with Gasteiger partial charge in [-0.1, -0.05) is 29.3 Å². The molecule has 0 bridgehead atoms. The number of hydrogen-bond acceptors (Lipinski definition) is 6. The van der Waals surface area contributed by atoms with E-state index >= 15 is 0 Å². The molecule has 1 amide bonds. The van der Waals surface area contributed by atoms with Gasteiger partial charge in [0.2, 0.25) is 5.91 Å². The summed E-state index contributed by atoms with van der Waals surface area (Å²) in [6.07, 6.45) is 3.03. The number of carbonyl (C=O) groups is 1. The van der Waals surface area contributed by atoms with Gasteiger partial charge < -0.3 is 20.2 Å². The number of nitro groups is 1. The first-order valence-corrected chi connectivity index (χ1v) is 8.67. The molecule has 12 heteroatoms. The Hall–Kier alpha value is -3.11. The Balaban J connectivity index is 1.58. The van der Waals surface area contributed by atoms with Crippen LogP contribution in [0.1, 0.15) is 5.69 Å². The van der Waals surface area contributed by atoms with Crippen molar-refractivity contribution in [3.8, 4) is 5.75 Å². The van der Waals surface area contributed by atoms with E-state index in [9.17, 15) is 14.9 Å². The Morgan fingerprint density at radius 3 is 2.86 bits per heavy atom. The maximum atomic E-state index is 12.2. The zero-order valence-electron chi connectivity index (χ0n) is 14.5. The van der Waals surface area contributed by atoms with Crippen molar-refractivity contribution < 1.29 is 14.5 Å². The molecule has 0 spiro atoms. The zero-order valence-corrected chi connectivity index (χ0v) is 16.0. The first kappa shape index (κ1) is 19.6. The molecule has 2 aromatic heterocycles. The second-order valence-corrected chi connectivity index (χ2v) is 6.50. The average Bonchev–Trinajstić information content (AvgIpc) is 3.19. The van der Waals surface area contributed by atoms with E-state index in [-0.39, 0.29) is 18.3 Å². The van der Waals surface area contributed by atoms with Gasteiger partial charge in [-0.25, -0.2) is 4.68 Å². The van der Waals surface area contributed by atoms with Gasteiger partial charge in [0.15, 0.2) is 11.8 Å². The van der Waals surface area contributed by atoms with Crippen LogP contribution in [-0.2, 0) is 18.1 Å². The van der Waals surface area contributed by atoms with Crippen LogP contribution >= 0.6 is 23.2 Å². The second kappa shape index (κ2) is 8.28. The number of amides is 1. The lowest BCUT2D eigenvalue weighted by molar-refractivity contribution is -0.389. The van der Waals surface area contributed by atoms with E-state index in [1.807, 2.05) is 0 Å². The summed E-state index contributed by atoms with van der Waals surface area (Å²) in [6, 6.07) is 6.93. The number of halogens is 2. The highest BCUT2D eigenvalue weighted by atomic mass is 35.5. The third-order valence-electron chi connectivity index (χ3n) is 3.66. The molecule has 28 heavy (non-hydrogen) atoms. The molecule has 0 atom stereocenters. The quantitative estimate of drug-likeness (QED) is 0.459. The first-order valence-electron chi connectivity index (χ1n) is 7.91. The Bertz CT molecular complexity index is 1030. The number of benzene rings is 1. The molecule has 0 aliphatic heterocycles. The number of nitrogens with zero attached hydrogens (tertiary/aromatic N) is 5. The van der Waals surface area contributed by atoms with E-state index in [1.54, 1.807) is 37.4 Å². The minimum Gasteiger partial charge on any atom is -0.471 e. The Labute approximate surface area is 168 Å². The van der Waals surface area contributed by atoms with Crippen LogP contribution in [0.25, 0.3) is 0 Å². The molecule has 0 aliphatic carbocycles. The van der Waals surface area contributed by atoms with Gasteiger partial charge in [-0.15, -0.1) is 0 Å². The third kappa shape index (κ3) is 4.59. The normalized spacial score (nSPS) is 10.7.